The minimum atomic E-state index is -4.36. The number of alkyl halides is 3. The first-order chi connectivity index (χ1) is 13.0. The van der Waals surface area contributed by atoms with Gasteiger partial charge in [-0.3, -0.25) is 4.79 Å². The molecule has 9 heteroatoms. The number of hydrogen-bond acceptors (Lipinski definition) is 6. The second-order valence-corrected chi connectivity index (χ2v) is 5.94. The van der Waals surface area contributed by atoms with Gasteiger partial charge in [-0.1, -0.05) is 0 Å². The van der Waals surface area contributed by atoms with E-state index in [-0.39, 0.29) is 0 Å². The molecule has 1 aliphatic rings. The van der Waals surface area contributed by atoms with Gasteiger partial charge in [-0.05, 0) is 36.4 Å². The van der Waals surface area contributed by atoms with Gasteiger partial charge in [0.2, 0.25) is 5.95 Å². The summed E-state index contributed by atoms with van der Waals surface area (Å²) in [5, 5.41) is 2.92. The molecule has 3 rings (SSSR count). The summed E-state index contributed by atoms with van der Waals surface area (Å²) in [5.41, 5.74) is -0.229. The Morgan fingerprint density at radius 2 is 1.74 bits per heavy atom. The number of aromatic nitrogens is 2. The second kappa shape index (κ2) is 8.07. The van der Waals surface area contributed by atoms with Gasteiger partial charge in [-0.2, -0.15) is 18.2 Å². The third kappa shape index (κ3) is 4.96. The van der Waals surface area contributed by atoms with Crippen molar-refractivity contribution in [3.63, 3.8) is 0 Å². The summed E-state index contributed by atoms with van der Waals surface area (Å²) in [6.45, 7) is 2.99. The van der Waals surface area contributed by atoms with Crippen LogP contribution in [0.5, 0.6) is 0 Å². The van der Waals surface area contributed by atoms with Gasteiger partial charge >= 0.3 is 6.18 Å². The molecule has 0 bridgehead atoms. The molecule has 1 aromatic carbocycles. The fourth-order valence-electron chi connectivity index (χ4n) is 2.71. The van der Waals surface area contributed by atoms with E-state index in [1.54, 1.807) is 18.5 Å². The molecule has 1 N–H and O–H groups in total. The van der Waals surface area contributed by atoms with E-state index in [1.165, 1.54) is 18.2 Å². The number of benzene rings is 1. The standard InChI is InChI=1S/C18H18F3N5O/c19-18(20,21)14-2-4-15(5-3-14)23-17-22-7-6-16(24-17)26-11-9-25(10-12-26)8-1-13-27/h1-8,13H,9-12H2,(H,22,23,24). The average Bonchev–Trinajstić information content (AvgIpc) is 2.67. The molecular formula is C18H18F3N5O. The first-order valence-corrected chi connectivity index (χ1v) is 8.34. The second-order valence-electron chi connectivity index (χ2n) is 5.94. The van der Waals surface area contributed by atoms with Crippen LogP contribution in [0.3, 0.4) is 0 Å². The highest BCUT2D eigenvalue weighted by molar-refractivity contribution is 5.64. The number of anilines is 3. The van der Waals surface area contributed by atoms with Crippen molar-refractivity contribution in [2.24, 2.45) is 0 Å². The number of aldehydes is 1. The zero-order chi connectivity index (χ0) is 19.3. The molecular weight excluding hydrogens is 359 g/mol. The van der Waals surface area contributed by atoms with Crippen molar-refractivity contribution < 1.29 is 18.0 Å². The van der Waals surface area contributed by atoms with E-state index in [0.717, 1.165) is 50.4 Å². The molecule has 142 valence electrons. The first kappa shape index (κ1) is 18.7. The molecule has 1 saturated heterocycles. The Morgan fingerprint density at radius 3 is 2.37 bits per heavy atom. The molecule has 0 radical (unpaired) electrons. The number of allylic oxidation sites excluding steroid dienone is 1. The van der Waals surface area contributed by atoms with Crippen LogP contribution in [-0.2, 0) is 11.0 Å². The number of nitrogens with zero attached hydrogens (tertiary/aromatic N) is 4. The quantitative estimate of drug-likeness (QED) is 0.638. The van der Waals surface area contributed by atoms with Crippen molar-refractivity contribution in [3.05, 3.63) is 54.4 Å². The van der Waals surface area contributed by atoms with Crippen LogP contribution in [0.2, 0.25) is 0 Å². The van der Waals surface area contributed by atoms with E-state index in [4.69, 9.17) is 0 Å². The van der Waals surface area contributed by atoms with Crippen molar-refractivity contribution in [1.29, 1.82) is 0 Å². The molecule has 27 heavy (non-hydrogen) atoms. The van der Waals surface area contributed by atoms with Crippen LogP contribution in [0, 0.1) is 0 Å². The molecule has 1 fully saturated rings. The maximum Gasteiger partial charge on any atom is 0.416 e. The normalized spacial score (nSPS) is 15.2. The Bertz CT molecular complexity index is 799. The Labute approximate surface area is 154 Å². The summed E-state index contributed by atoms with van der Waals surface area (Å²) in [4.78, 5) is 23.1. The van der Waals surface area contributed by atoms with Crippen molar-refractivity contribution in [3.8, 4) is 0 Å². The molecule has 0 amide bonds. The highest BCUT2D eigenvalue weighted by Gasteiger charge is 2.29. The number of carbonyl (C=O) groups is 1. The van der Waals surface area contributed by atoms with Crippen LogP contribution in [0.25, 0.3) is 0 Å². The molecule has 1 aliphatic heterocycles. The summed E-state index contributed by atoms with van der Waals surface area (Å²) < 4.78 is 37.9. The van der Waals surface area contributed by atoms with Gasteiger partial charge in [0, 0.05) is 44.3 Å². The molecule has 0 saturated carbocycles. The number of carbonyl (C=O) groups excluding carboxylic acids is 1. The zero-order valence-electron chi connectivity index (χ0n) is 14.4. The number of piperazine rings is 1. The van der Waals surface area contributed by atoms with Crippen molar-refractivity contribution in [2.45, 2.75) is 6.18 Å². The Balaban J connectivity index is 1.64. The lowest BCUT2D eigenvalue weighted by Gasteiger charge is -2.34. The van der Waals surface area contributed by atoms with Crippen LogP contribution in [0.1, 0.15) is 5.56 Å². The fourth-order valence-corrected chi connectivity index (χ4v) is 2.71. The summed E-state index contributed by atoms with van der Waals surface area (Å²) in [6, 6.07) is 6.50. The Morgan fingerprint density at radius 1 is 1.04 bits per heavy atom. The molecule has 0 unspecified atom stereocenters. The van der Waals surface area contributed by atoms with Crippen molar-refractivity contribution in [1.82, 2.24) is 14.9 Å². The van der Waals surface area contributed by atoms with E-state index in [0.29, 0.717) is 11.6 Å². The van der Waals surface area contributed by atoms with E-state index >= 15 is 0 Å². The van der Waals surface area contributed by atoms with Crippen LogP contribution in [0.4, 0.5) is 30.6 Å². The maximum atomic E-state index is 12.6. The third-order valence-corrected chi connectivity index (χ3v) is 4.12. The van der Waals surface area contributed by atoms with Gasteiger partial charge in [-0.15, -0.1) is 0 Å². The van der Waals surface area contributed by atoms with Crippen LogP contribution < -0.4 is 10.2 Å². The summed E-state index contributed by atoms with van der Waals surface area (Å²) in [5.74, 6) is 1.05. The van der Waals surface area contributed by atoms with Gasteiger partial charge < -0.3 is 15.1 Å². The zero-order valence-corrected chi connectivity index (χ0v) is 14.4. The maximum absolute atomic E-state index is 12.6. The van der Waals surface area contributed by atoms with Gasteiger partial charge in [0.25, 0.3) is 0 Å². The van der Waals surface area contributed by atoms with E-state index in [9.17, 15) is 18.0 Å². The molecule has 0 atom stereocenters. The van der Waals surface area contributed by atoms with Crippen molar-refractivity contribution >= 4 is 23.7 Å². The predicted octanol–water partition coefficient (Wildman–Crippen LogP) is 3.07. The monoisotopic (exact) mass is 377 g/mol. The topological polar surface area (TPSA) is 61.4 Å². The minimum absolute atomic E-state index is 0.315. The Kier molecular flexibility index (Phi) is 5.58. The predicted molar refractivity (Wildman–Crippen MR) is 95.7 cm³/mol. The third-order valence-electron chi connectivity index (χ3n) is 4.12. The van der Waals surface area contributed by atoms with Crippen LogP contribution in [-0.4, -0.2) is 47.3 Å². The lowest BCUT2D eigenvalue weighted by Crippen LogP contribution is -2.44. The average molecular weight is 377 g/mol. The van der Waals surface area contributed by atoms with Crippen LogP contribution in [0.15, 0.2) is 48.8 Å². The lowest BCUT2D eigenvalue weighted by molar-refractivity contribution is -0.137. The number of nitrogens with one attached hydrogen (secondary N) is 1. The molecule has 6 nitrogen and oxygen atoms in total. The first-order valence-electron chi connectivity index (χ1n) is 8.34. The molecule has 2 aromatic rings. The molecule has 1 aromatic heterocycles. The summed E-state index contributed by atoms with van der Waals surface area (Å²) >= 11 is 0. The molecule has 2 heterocycles. The van der Waals surface area contributed by atoms with E-state index < -0.39 is 11.7 Å². The Hall–Kier alpha value is -3.10. The molecule has 0 spiro atoms. The van der Waals surface area contributed by atoms with Gasteiger partial charge in [0.15, 0.2) is 0 Å². The minimum Gasteiger partial charge on any atom is -0.374 e. The van der Waals surface area contributed by atoms with Crippen molar-refractivity contribution in [2.75, 3.05) is 36.4 Å². The van der Waals surface area contributed by atoms with Crippen LogP contribution >= 0.6 is 0 Å². The number of hydrogen-bond donors (Lipinski definition) is 1. The number of rotatable bonds is 5. The van der Waals surface area contributed by atoms with Gasteiger partial charge in [0.05, 0.1) is 5.56 Å². The highest BCUT2D eigenvalue weighted by atomic mass is 19.4. The summed E-state index contributed by atoms with van der Waals surface area (Å²) in [6.07, 6.45) is 1.22. The van der Waals surface area contributed by atoms with E-state index in [1.807, 2.05) is 4.90 Å². The van der Waals surface area contributed by atoms with Gasteiger partial charge in [0.1, 0.15) is 12.1 Å². The SMILES string of the molecule is O=CC=CN1CCN(c2ccnc(Nc3ccc(C(F)(F)F)cc3)n2)CC1. The fraction of sp³-hybridized carbons (Fsp3) is 0.278. The smallest absolute Gasteiger partial charge is 0.374 e. The lowest BCUT2D eigenvalue weighted by atomic mass is 10.2. The number of halogens is 3. The molecule has 0 aliphatic carbocycles. The van der Waals surface area contributed by atoms with Gasteiger partial charge in [-0.25, -0.2) is 4.98 Å². The highest BCUT2D eigenvalue weighted by Crippen LogP contribution is 2.30. The van der Waals surface area contributed by atoms with E-state index in [2.05, 4.69) is 20.2 Å². The largest absolute Gasteiger partial charge is 0.416 e. The summed E-state index contributed by atoms with van der Waals surface area (Å²) in [7, 11) is 0.